The van der Waals surface area contributed by atoms with Crippen molar-refractivity contribution >= 4 is 12.1 Å². The Labute approximate surface area is 264 Å². The van der Waals surface area contributed by atoms with Crippen LogP contribution < -0.4 is 0 Å². The zero-order valence-electron chi connectivity index (χ0n) is 26.5. The normalized spacial score (nSPS) is 21.4. The molecule has 0 spiro atoms. The fourth-order valence-corrected chi connectivity index (χ4v) is 7.03. The minimum absolute atomic E-state index is 0.0133. The van der Waals surface area contributed by atoms with E-state index >= 15 is 0 Å². The van der Waals surface area contributed by atoms with E-state index < -0.39 is 0 Å². The molecule has 4 amide bonds. The molecule has 7 rings (SSSR count). The van der Waals surface area contributed by atoms with Gasteiger partial charge in [0, 0.05) is 41.3 Å². The van der Waals surface area contributed by atoms with Crippen molar-refractivity contribution in [2.24, 2.45) is 11.8 Å². The van der Waals surface area contributed by atoms with Crippen LogP contribution in [0.15, 0.2) is 60.9 Å². The molecule has 45 heavy (non-hydrogen) atoms. The van der Waals surface area contributed by atoms with E-state index in [4.69, 9.17) is 4.98 Å². The Morgan fingerprint density at radius 3 is 1.67 bits per heavy atom. The highest BCUT2D eigenvalue weighted by Gasteiger charge is 2.44. The van der Waals surface area contributed by atoms with Gasteiger partial charge in [-0.25, -0.2) is 19.6 Å². The van der Waals surface area contributed by atoms with E-state index in [1.807, 2.05) is 36.3 Å². The van der Waals surface area contributed by atoms with Crippen LogP contribution in [0.2, 0.25) is 0 Å². The number of amides is 4. The first kappa shape index (κ1) is 29.1. The SMILES string of the molecule is CN(C)C(=O)N1CCC[C@H]1c1ncc(-c2ccc(-c3ccc(-c4cnc([C@@H]5C[C@H](C6CC6)CN5C(=O)N(C)C)[nH]4)cc3)cc2)[nH]1. The van der Waals surface area contributed by atoms with Gasteiger partial charge >= 0.3 is 12.1 Å². The Morgan fingerprint density at radius 1 is 0.667 bits per heavy atom. The number of rotatable bonds is 6. The number of H-pyrrole nitrogens is 2. The fourth-order valence-electron chi connectivity index (χ4n) is 7.03. The second kappa shape index (κ2) is 11.7. The monoisotopic (exact) mass is 606 g/mol. The lowest BCUT2D eigenvalue weighted by atomic mass is 10.0. The van der Waals surface area contributed by atoms with E-state index in [9.17, 15) is 9.59 Å². The first-order chi connectivity index (χ1) is 21.8. The highest BCUT2D eigenvalue weighted by atomic mass is 16.2. The molecule has 2 N–H and O–H groups in total. The lowest BCUT2D eigenvalue weighted by molar-refractivity contribution is 0.163. The summed E-state index contributed by atoms with van der Waals surface area (Å²) in [5.74, 6) is 3.02. The van der Waals surface area contributed by atoms with Gasteiger partial charge in [-0.3, -0.25) is 0 Å². The fraction of sp³-hybridized carbons (Fsp3) is 0.429. The molecule has 1 aliphatic carbocycles. The third-order valence-corrected chi connectivity index (χ3v) is 9.68. The summed E-state index contributed by atoms with van der Waals surface area (Å²) in [5.41, 5.74) is 6.29. The van der Waals surface area contributed by atoms with Crippen LogP contribution in [0.3, 0.4) is 0 Å². The van der Waals surface area contributed by atoms with Gasteiger partial charge in [-0.15, -0.1) is 0 Å². The molecule has 2 saturated heterocycles. The van der Waals surface area contributed by atoms with E-state index in [0.717, 1.165) is 83.6 Å². The van der Waals surface area contributed by atoms with Crippen molar-refractivity contribution in [3.8, 4) is 33.6 Å². The van der Waals surface area contributed by atoms with Gasteiger partial charge in [0.15, 0.2) is 0 Å². The Balaban J connectivity index is 1.03. The smallest absolute Gasteiger partial charge is 0.320 e. The predicted molar refractivity (Wildman–Crippen MR) is 174 cm³/mol. The predicted octanol–water partition coefficient (Wildman–Crippen LogP) is 6.41. The van der Waals surface area contributed by atoms with Crippen molar-refractivity contribution in [1.29, 1.82) is 0 Å². The number of benzene rings is 2. The van der Waals surface area contributed by atoms with Crippen molar-refractivity contribution in [2.75, 3.05) is 41.3 Å². The number of urea groups is 2. The van der Waals surface area contributed by atoms with Crippen LogP contribution >= 0.6 is 0 Å². The Morgan fingerprint density at radius 2 is 1.16 bits per heavy atom. The maximum atomic E-state index is 13.0. The molecule has 4 heterocycles. The molecule has 0 unspecified atom stereocenters. The number of hydrogen-bond donors (Lipinski definition) is 2. The molecule has 3 atom stereocenters. The van der Waals surface area contributed by atoms with Gasteiger partial charge in [0.1, 0.15) is 11.6 Å². The van der Waals surface area contributed by atoms with Crippen molar-refractivity contribution < 1.29 is 9.59 Å². The molecule has 2 aliphatic heterocycles. The van der Waals surface area contributed by atoms with E-state index in [0.29, 0.717) is 5.92 Å². The summed E-state index contributed by atoms with van der Waals surface area (Å²) in [6, 6.07) is 17.0. The molecule has 10 heteroatoms. The Bertz CT molecular complexity index is 1670. The molecule has 3 aliphatic rings. The van der Waals surface area contributed by atoms with Crippen molar-refractivity contribution in [2.45, 2.75) is 44.2 Å². The van der Waals surface area contributed by atoms with Crippen LogP contribution in [0, 0.1) is 11.8 Å². The maximum Gasteiger partial charge on any atom is 0.320 e. The summed E-state index contributed by atoms with van der Waals surface area (Å²) in [4.78, 5) is 49.2. The number of imidazole rings is 2. The van der Waals surface area contributed by atoms with E-state index in [2.05, 4.69) is 63.5 Å². The van der Waals surface area contributed by atoms with Crippen molar-refractivity contribution in [1.82, 2.24) is 39.5 Å². The largest absolute Gasteiger partial charge is 0.340 e. The lowest BCUT2D eigenvalue weighted by Crippen LogP contribution is -2.39. The topological polar surface area (TPSA) is 104 Å². The average Bonchev–Trinajstić information content (AvgIpc) is 3.49. The number of aromatic nitrogens is 4. The molecule has 0 bridgehead atoms. The zero-order valence-corrected chi connectivity index (χ0v) is 26.5. The standard InChI is InChI=1S/C35H42N8O2/c1-40(2)34(44)42-17-5-6-30(42)32-36-19-28(38-32)25-13-9-22(10-14-25)23-11-15-26(16-12-23)29-20-37-33(39-29)31-18-27(24-7-8-24)21-43(31)35(45)41(3)4/h9-16,19-20,24,27,30-31H,5-8,17-18,21H2,1-4H3,(H,36,38)(H,37,39)/t27-,30-,31-/m0/s1. The van der Waals surface area contributed by atoms with Gasteiger partial charge < -0.3 is 29.6 Å². The number of hydrogen-bond acceptors (Lipinski definition) is 4. The van der Waals surface area contributed by atoms with Crippen LogP contribution in [0.5, 0.6) is 0 Å². The number of nitrogens with one attached hydrogen (secondary N) is 2. The minimum Gasteiger partial charge on any atom is -0.340 e. The molecule has 0 radical (unpaired) electrons. The second-order valence-electron chi connectivity index (χ2n) is 13.2. The molecule has 1 saturated carbocycles. The number of likely N-dealkylation sites (tertiary alicyclic amines) is 2. The number of aromatic amines is 2. The van der Waals surface area contributed by atoms with Crippen molar-refractivity contribution in [3.63, 3.8) is 0 Å². The molecular weight excluding hydrogens is 564 g/mol. The lowest BCUT2D eigenvalue weighted by Gasteiger charge is -2.26. The minimum atomic E-state index is -0.0188. The summed E-state index contributed by atoms with van der Waals surface area (Å²) in [7, 11) is 7.22. The van der Waals surface area contributed by atoms with E-state index in [1.54, 1.807) is 23.9 Å². The van der Waals surface area contributed by atoms with Gasteiger partial charge in [0.05, 0.1) is 35.9 Å². The summed E-state index contributed by atoms with van der Waals surface area (Å²) < 4.78 is 0. The summed E-state index contributed by atoms with van der Waals surface area (Å²) in [6.45, 7) is 1.57. The molecule has 10 nitrogen and oxygen atoms in total. The van der Waals surface area contributed by atoms with Crippen molar-refractivity contribution in [3.05, 3.63) is 72.6 Å². The van der Waals surface area contributed by atoms with Gasteiger partial charge in [-0.05, 0) is 66.2 Å². The first-order valence-electron chi connectivity index (χ1n) is 16.0. The quantitative estimate of drug-likeness (QED) is 0.265. The molecule has 2 aromatic heterocycles. The maximum absolute atomic E-state index is 13.0. The third kappa shape index (κ3) is 5.69. The van der Waals surface area contributed by atoms with Gasteiger partial charge in [0.2, 0.25) is 0 Å². The highest BCUT2D eigenvalue weighted by Crippen LogP contribution is 2.47. The van der Waals surface area contributed by atoms with E-state index in [1.165, 1.54) is 12.8 Å². The molecule has 3 fully saturated rings. The summed E-state index contributed by atoms with van der Waals surface area (Å²) in [5, 5.41) is 0. The van der Waals surface area contributed by atoms with Crippen LogP contribution in [0.25, 0.3) is 33.6 Å². The van der Waals surface area contributed by atoms with Gasteiger partial charge in [0.25, 0.3) is 0 Å². The summed E-state index contributed by atoms with van der Waals surface area (Å²) in [6.07, 6.45) is 9.18. The average molecular weight is 607 g/mol. The molecular formula is C35H42N8O2. The molecule has 2 aromatic carbocycles. The molecule has 4 aromatic rings. The third-order valence-electron chi connectivity index (χ3n) is 9.68. The number of carbonyl (C=O) groups is 2. The van der Waals surface area contributed by atoms with E-state index in [-0.39, 0.29) is 24.1 Å². The van der Waals surface area contributed by atoms with Crippen LogP contribution in [0.1, 0.15) is 55.8 Å². The van der Waals surface area contributed by atoms with Crippen LogP contribution in [-0.4, -0.2) is 92.9 Å². The van der Waals surface area contributed by atoms with Crippen LogP contribution in [0.4, 0.5) is 9.59 Å². The Kier molecular flexibility index (Phi) is 7.59. The number of nitrogens with zero attached hydrogens (tertiary/aromatic N) is 6. The molecule has 234 valence electrons. The van der Waals surface area contributed by atoms with Gasteiger partial charge in [-0.1, -0.05) is 48.5 Å². The first-order valence-corrected chi connectivity index (χ1v) is 16.0. The second-order valence-corrected chi connectivity index (χ2v) is 13.2. The van der Waals surface area contributed by atoms with Gasteiger partial charge in [-0.2, -0.15) is 0 Å². The zero-order chi connectivity index (χ0) is 31.2. The summed E-state index contributed by atoms with van der Waals surface area (Å²) >= 11 is 0. The highest BCUT2D eigenvalue weighted by molar-refractivity contribution is 5.76. The van der Waals surface area contributed by atoms with Crippen LogP contribution in [-0.2, 0) is 0 Å². The number of carbonyl (C=O) groups excluding carboxylic acids is 2. The Hall–Kier alpha value is -4.60.